The lowest BCUT2D eigenvalue weighted by atomic mass is 10.2. The third-order valence-corrected chi connectivity index (χ3v) is 3.29. The highest BCUT2D eigenvalue weighted by molar-refractivity contribution is 5.80. The van der Waals surface area contributed by atoms with E-state index in [0.717, 1.165) is 12.2 Å². The second-order valence-electron chi connectivity index (χ2n) is 4.91. The Morgan fingerprint density at radius 3 is 2.64 bits per heavy atom. The standard InChI is InChI=1S/C19H17N3/c1-2-7-17(8-3-1)9-6-12-21-19-11-5-4-10-18(19)15-22-14-13-20-16-22/h1-14,16H,15H2/b9-6+,21-12?. The molecule has 108 valence electrons. The molecule has 22 heavy (non-hydrogen) atoms. The van der Waals surface area contributed by atoms with Gasteiger partial charge in [-0.05, 0) is 23.3 Å². The number of hydrogen-bond acceptors (Lipinski definition) is 2. The van der Waals surface area contributed by atoms with Gasteiger partial charge in [-0.15, -0.1) is 0 Å². The third-order valence-electron chi connectivity index (χ3n) is 3.29. The van der Waals surface area contributed by atoms with E-state index in [9.17, 15) is 0 Å². The Hall–Kier alpha value is -2.94. The van der Waals surface area contributed by atoms with Gasteiger partial charge in [0.15, 0.2) is 0 Å². The maximum atomic E-state index is 4.56. The fraction of sp³-hybridized carbons (Fsp3) is 0.0526. The highest BCUT2D eigenvalue weighted by Gasteiger charge is 2.00. The van der Waals surface area contributed by atoms with Crippen molar-refractivity contribution in [2.45, 2.75) is 6.54 Å². The lowest BCUT2D eigenvalue weighted by Gasteiger charge is -2.05. The Balaban J connectivity index is 1.72. The van der Waals surface area contributed by atoms with Crippen molar-refractivity contribution in [1.29, 1.82) is 0 Å². The lowest BCUT2D eigenvalue weighted by molar-refractivity contribution is 0.798. The highest BCUT2D eigenvalue weighted by atomic mass is 15.0. The van der Waals surface area contributed by atoms with E-state index in [2.05, 4.69) is 28.2 Å². The second-order valence-corrected chi connectivity index (χ2v) is 4.91. The van der Waals surface area contributed by atoms with E-state index in [1.807, 2.05) is 71.9 Å². The number of nitrogens with zero attached hydrogens (tertiary/aromatic N) is 3. The Kier molecular flexibility index (Phi) is 4.57. The van der Waals surface area contributed by atoms with E-state index in [-0.39, 0.29) is 0 Å². The summed E-state index contributed by atoms with van der Waals surface area (Å²) in [5, 5.41) is 0. The van der Waals surface area contributed by atoms with E-state index in [1.54, 1.807) is 6.20 Å². The summed E-state index contributed by atoms with van der Waals surface area (Å²) >= 11 is 0. The van der Waals surface area contributed by atoms with Crippen LogP contribution in [0, 0.1) is 0 Å². The van der Waals surface area contributed by atoms with Gasteiger partial charge in [-0.1, -0.05) is 54.6 Å². The number of aliphatic imine (C=N–C) groups is 1. The zero-order valence-electron chi connectivity index (χ0n) is 12.2. The van der Waals surface area contributed by atoms with E-state index in [4.69, 9.17) is 0 Å². The molecular formula is C19H17N3. The zero-order chi connectivity index (χ0) is 15.0. The number of allylic oxidation sites excluding steroid dienone is 1. The van der Waals surface area contributed by atoms with Crippen LogP contribution in [0.3, 0.4) is 0 Å². The minimum atomic E-state index is 0.774. The number of rotatable bonds is 5. The normalized spacial score (nSPS) is 11.5. The van der Waals surface area contributed by atoms with Crippen molar-refractivity contribution in [2.24, 2.45) is 4.99 Å². The molecule has 3 heteroatoms. The average Bonchev–Trinajstić information content (AvgIpc) is 3.07. The van der Waals surface area contributed by atoms with Crippen molar-refractivity contribution in [3.8, 4) is 0 Å². The van der Waals surface area contributed by atoms with Gasteiger partial charge in [0.25, 0.3) is 0 Å². The minimum absolute atomic E-state index is 0.774. The first-order valence-corrected chi connectivity index (χ1v) is 7.21. The number of aromatic nitrogens is 2. The molecule has 0 radical (unpaired) electrons. The largest absolute Gasteiger partial charge is 0.333 e. The molecule has 1 heterocycles. The summed E-state index contributed by atoms with van der Waals surface area (Å²) in [6.07, 6.45) is 11.4. The molecule has 0 fully saturated rings. The predicted molar refractivity (Wildman–Crippen MR) is 91.4 cm³/mol. The summed E-state index contributed by atoms with van der Waals surface area (Å²) in [6, 6.07) is 18.4. The minimum Gasteiger partial charge on any atom is -0.333 e. The van der Waals surface area contributed by atoms with Crippen molar-refractivity contribution in [3.05, 3.63) is 90.5 Å². The highest BCUT2D eigenvalue weighted by Crippen LogP contribution is 2.19. The number of imidazole rings is 1. The molecule has 0 aliphatic rings. The molecule has 0 spiro atoms. The maximum absolute atomic E-state index is 4.56. The summed E-state index contributed by atoms with van der Waals surface area (Å²) < 4.78 is 2.04. The summed E-state index contributed by atoms with van der Waals surface area (Å²) in [6.45, 7) is 0.774. The Labute approximate surface area is 130 Å². The van der Waals surface area contributed by atoms with E-state index in [1.165, 1.54) is 11.1 Å². The first-order valence-electron chi connectivity index (χ1n) is 7.21. The van der Waals surface area contributed by atoms with Crippen LogP contribution in [0.2, 0.25) is 0 Å². The molecule has 0 N–H and O–H groups in total. The smallest absolute Gasteiger partial charge is 0.0949 e. The summed E-state index contributed by atoms with van der Waals surface area (Å²) in [4.78, 5) is 8.63. The molecule has 0 unspecified atom stereocenters. The topological polar surface area (TPSA) is 30.2 Å². The van der Waals surface area contributed by atoms with Crippen LogP contribution < -0.4 is 0 Å². The fourth-order valence-corrected chi connectivity index (χ4v) is 2.19. The number of hydrogen-bond donors (Lipinski definition) is 0. The Bertz CT molecular complexity index is 756. The van der Waals surface area contributed by atoms with Crippen LogP contribution in [-0.4, -0.2) is 15.8 Å². The summed E-state index contributed by atoms with van der Waals surface area (Å²) in [5.74, 6) is 0. The first kappa shape index (κ1) is 14.0. The van der Waals surface area contributed by atoms with Crippen molar-refractivity contribution in [2.75, 3.05) is 0 Å². The quantitative estimate of drug-likeness (QED) is 0.642. The summed E-state index contributed by atoms with van der Waals surface area (Å²) in [7, 11) is 0. The van der Waals surface area contributed by atoms with Crippen LogP contribution in [0.4, 0.5) is 5.69 Å². The molecule has 0 amide bonds. The molecular weight excluding hydrogens is 270 g/mol. The van der Waals surface area contributed by atoms with Crippen LogP contribution in [-0.2, 0) is 6.54 Å². The average molecular weight is 287 g/mol. The molecule has 3 aromatic rings. The third kappa shape index (κ3) is 3.79. The van der Waals surface area contributed by atoms with Crippen molar-refractivity contribution in [1.82, 2.24) is 9.55 Å². The van der Waals surface area contributed by atoms with Gasteiger partial charge in [-0.3, -0.25) is 4.99 Å². The van der Waals surface area contributed by atoms with Crippen LogP contribution in [0.5, 0.6) is 0 Å². The van der Waals surface area contributed by atoms with Gasteiger partial charge in [0.2, 0.25) is 0 Å². The molecule has 0 saturated heterocycles. The first-order chi connectivity index (χ1) is 10.9. The van der Waals surface area contributed by atoms with Crippen LogP contribution in [0.25, 0.3) is 6.08 Å². The molecule has 3 rings (SSSR count). The summed E-state index contributed by atoms with van der Waals surface area (Å²) in [5.41, 5.74) is 3.32. The van der Waals surface area contributed by atoms with Crippen LogP contribution in [0.15, 0.2) is 84.4 Å². The van der Waals surface area contributed by atoms with Gasteiger partial charge in [-0.25, -0.2) is 4.98 Å². The van der Waals surface area contributed by atoms with Gasteiger partial charge in [0, 0.05) is 18.6 Å². The lowest BCUT2D eigenvalue weighted by Crippen LogP contribution is -1.96. The van der Waals surface area contributed by atoms with Crippen molar-refractivity contribution in [3.63, 3.8) is 0 Å². The molecule has 2 aromatic carbocycles. The van der Waals surface area contributed by atoms with Gasteiger partial charge < -0.3 is 4.57 Å². The molecule has 0 atom stereocenters. The van der Waals surface area contributed by atoms with E-state index < -0.39 is 0 Å². The Morgan fingerprint density at radius 2 is 1.82 bits per heavy atom. The van der Waals surface area contributed by atoms with Gasteiger partial charge in [-0.2, -0.15) is 0 Å². The van der Waals surface area contributed by atoms with Gasteiger partial charge >= 0.3 is 0 Å². The Morgan fingerprint density at radius 1 is 1.00 bits per heavy atom. The van der Waals surface area contributed by atoms with E-state index in [0.29, 0.717) is 0 Å². The monoisotopic (exact) mass is 287 g/mol. The fourth-order valence-electron chi connectivity index (χ4n) is 2.19. The molecule has 0 bridgehead atoms. The molecule has 0 aliphatic carbocycles. The van der Waals surface area contributed by atoms with Gasteiger partial charge in [0.05, 0.1) is 18.6 Å². The molecule has 0 aliphatic heterocycles. The molecule has 1 aromatic heterocycles. The van der Waals surface area contributed by atoms with E-state index >= 15 is 0 Å². The number of para-hydroxylation sites is 1. The zero-order valence-corrected chi connectivity index (χ0v) is 12.2. The van der Waals surface area contributed by atoms with Crippen LogP contribution in [0.1, 0.15) is 11.1 Å². The SMILES string of the molecule is C(/C=C/c1ccccc1)=Nc1ccccc1Cn1ccnc1. The van der Waals surface area contributed by atoms with Crippen molar-refractivity contribution >= 4 is 18.0 Å². The second kappa shape index (κ2) is 7.18. The number of benzene rings is 2. The van der Waals surface area contributed by atoms with Crippen molar-refractivity contribution < 1.29 is 0 Å². The van der Waals surface area contributed by atoms with Gasteiger partial charge in [0.1, 0.15) is 0 Å². The molecule has 3 nitrogen and oxygen atoms in total. The predicted octanol–water partition coefficient (Wildman–Crippen LogP) is 4.35. The maximum Gasteiger partial charge on any atom is 0.0949 e. The molecule has 0 saturated carbocycles. The van der Waals surface area contributed by atoms with Crippen LogP contribution >= 0.6 is 0 Å².